The first-order valence-corrected chi connectivity index (χ1v) is 10.3. The van der Waals surface area contributed by atoms with Crippen LogP contribution in [0.25, 0.3) is 11.1 Å². The molecule has 7 heteroatoms. The number of aryl methyl sites for hydroxylation is 2. The molecule has 0 saturated carbocycles. The number of nitrogens with one attached hydrogen (secondary N) is 1. The Labute approximate surface area is 191 Å². The van der Waals surface area contributed by atoms with Crippen molar-refractivity contribution in [2.75, 3.05) is 5.73 Å². The zero-order chi connectivity index (χ0) is 23.4. The Morgan fingerprint density at radius 2 is 1.82 bits per heavy atom. The maximum absolute atomic E-state index is 13.0. The molecule has 33 heavy (non-hydrogen) atoms. The van der Waals surface area contributed by atoms with E-state index in [1.165, 1.54) is 12.1 Å². The van der Waals surface area contributed by atoms with Crippen molar-refractivity contribution in [2.45, 2.75) is 13.5 Å². The summed E-state index contributed by atoms with van der Waals surface area (Å²) in [6.45, 7) is 2.23. The highest BCUT2D eigenvalue weighted by molar-refractivity contribution is 5.94. The summed E-state index contributed by atoms with van der Waals surface area (Å²) in [5.74, 6) is 5.99. The summed E-state index contributed by atoms with van der Waals surface area (Å²) in [5.41, 5.74) is 11.4. The molecular weight excluding hydrogens is 417 g/mol. The van der Waals surface area contributed by atoms with Crippen molar-refractivity contribution < 1.29 is 9.18 Å². The smallest absolute Gasteiger partial charge is 0.251 e. The van der Waals surface area contributed by atoms with Crippen molar-refractivity contribution in [3.05, 3.63) is 101 Å². The number of carbonyl (C=O) groups excluding carboxylic acids is 1. The van der Waals surface area contributed by atoms with Crippen molar-refractivity contribution in [1.29, 1.82) is 0 Å². The van der Waals surface area contributed by atoms with Crippen LogP contribution in [0.3, 0.4) is 0 Å². The minimum absolute atomic E-state index is 0.234. The number of hydrogen-bond donors (Lipinski definition) is 2. The van der Waals surface area contributed by atoms with Crippen LogP contribution in [-0.2, 0) is 13.6 Å². The third kappa shape index (κ3) is 5.25. The van der Waals surface area contributed by atoms with Crippen LogP contribution >= 0.6 is 0 Å². The van der Waals surface area contributed by atoms with Gasteiger partial charge in [-0.25, -0.2) is 9.37 Å². The molecule has 4 aromatic rings. The second-order valence-corrected chi connectivity index (χ2v) is 7.65. The van der Waals surface area contributed by atoms with Gasteiger partial charge < -0.3 is 11.1 Å². The predicted octanol–water partition coefficient (Wildman–Crippen LogP) is 3.84. The van der Waals surface area contributed by atoms with Gasteiger partial charge in [-0.15, -0.1) is 0 Å². The van der Waals surface area contributed by atoms with E-state index in [1.54, 1.807) is 41.3 Å². The van der Waals surface area contributed by atoms with Gasteiger partial charge in [0.15, 0.2) is 0 Å². The molecule has 0 unspecified atom stereocenters. The third-order valence-electron chi connectivity index (χ3n) is 5.15. The summed E-state index contributed by atoms with van der Waals surface area (Å²) >= 11 is 0. The number of hydrogen-bond acceptors (Lipinski definition) is 4. The number of aromatic nitrogens is 3. The Morgan fingerprint density at radius 3 is 2.55 bits per heavy atom. The van der Waals surface area contributed by atoms with Crippen LogP contribution in [-0.4, -0.2) is 20.7 Å². The first-order valence-electron chi connectivity index (χ1n) is 10.3. The molecule has 0 atom stereocenters. The van der Waals surface area contributed by atoms with E-state index in [0.717, 1.165) is 27.8 Å². The molecule has 1 amide bonds. The molecule has 4 rings (SSSR count). The number of carbonyl (C=O) groups is 1. The van der Waals surface area contributed by atoms with Gasteiger partial charge in [0.25, 0.3) is 5.91 Å². The molecule has 0 fully saturated rings. The first-order chi connectivity index (χ1) is 15.9. The molecule has 164 valence electrons. The van der Waals surface area contributed by atoms with Gasteiger partial charge in [0.2, 0.25) is 0 Å². The molecule has 0 radical (unpaired) electrons. The number of pyridine rings is 1. The maximum atomic E-state index is 13.0. The van der Waals surface area contributed by atoms with E-state index in [9.17, 15) is 9.18 Å². The number of nitrogens with two attached hydrogens (primary N) is 1. The first kappa shape index (κ1) is 21.8. The van der Waals surface area contributed by atoms with Crippen LogP contribution in [0.15, 0.2) is 67.1 Å². The van der Waals surface area contributed by atoms with E-state index in [4.69, 9.17) is 5.73 Å². The normalized spacial score (nSPS) is 10.4. The largest absolute Gasteiger partial charge is 0.383 e. The van der Waals surface area contributed by atoms with Crippen molar-refractivity contribution in [3.63, 3.8) is 0 Å². The molecule has 2 heterocycles. The fraction of sp³-hybridized carbons (Fsp3) is 0.115. The number of benzene rings is 2. The van der Waals surface area contributed by atoms with Crippen LogP contribution in [0.5, 0.6) is 0 Å². The van der Waals surface area contributed by atoms with Crippen LogP contribution < -0.4 is 11.1 Å². The number of anilines is 1. The van der Waals surface area contributed by atoms with Crippen molar-refractivity contribution in [3.8, 4) is 23.0 Å². The average molecular weight is 439 g/mol. The zero-order valence-electron chi connectivity index (χ0n) is 18.3. The lowest BCUT2D eigenvalue weighted by molar-refractivity contribution is 0.0951. The van der Waals surface area contributed by atoms with E-state index >= 15 is 0 Å². The number of rotatable bonds is 4. The Balaban J connectivity index is 1.54. The molecule has 3 N–H and O–H groups in total. The van der Waals surface area contributed by atoms with Crippen LogP contribution in [0.4, 0.5) is 10.2 Å². The maximum Gasteiger partial charge on any atom is 0.251 e. The topological polar surface area (TPSA) is 85.8 Å². The minimum Gasteiger partial charge on any atom is -0.383 e. The molecule has 2 aromatic carbocycles. The summed E-state index contributed by atoms with van der Waals surface area (Å²) < 4.78 is 14.8. The Morgan fingerprint density at radius 1 is 1.06 bits per heavy atom. The van der Waals surface area contributed by atoms with Crippen molar-refractivity contribution in [2.24, 2.45) is 7.05 Å². The number of halogens is 1. The number of nitrogen functional groups attached to an aromatic ring is 1. The van der Waals surface area contributed by atoms with E-state index in [2.05, 4.69) is 27.2 Å². The highest BCUT2D eigenvalue weighted by Gasteiger charge is 2.08. The molecule has 0 aliphatic carbocycles. The van der Waals surface area contributed by atoms with Gasteiger partial charge in [0.05, 0.1) is 11.8 Å². The Kier molecular flexibility index (Phi) is 6.18. The summed E-state index contributed by atoms with van der Waals surface area (Å²) in [5, 5.41) is 7.03. The van der Waals surface area contributed by atoms with Gasteiger partial charge in [-0.05, 0) is 48.4 Å². The second-order valence-electron chi connectivity index (χ2n) is 7.65. The summed E-state index contributed by atoms with van der Waals surface area (Å²) in [7, 11) is 1.85. The van der Waals surface area contributed by atoms with Crippen LogP contribution in [0.2, 0.25) is 0 Å². The van der Waals surface area contributed by atoms with E-state index in [-0.39, 0.29) is 11.7 Å². The highest BCUT2D eigenvalue weighted by atomic mass is 19.1. The summed E-state index contributed by atoms with van der Waals surface area (Å²) in [4.78, 5) is 16.9. The molecule has 0 spiro atoms. The standard InChI is InChI=1S/C26H22FN5O/c1-17-3-6-21(26(33)30-13-18-4-9-24(27)10-5-18)11-19(17)7-8-20-12-22(14-29-25(20)28)23-15-31-32(2)16-23/h3-6,9-12,14-16H,13H2,1-2H3,(H2,28,29)(H,30,33). The molecule has 2 aromatic heterocycles. The average Bonchev–Trinajstić information content (AvgIpc) is 3.25. The number of amides is 1. The van der Waals surface area contributed by atoms with Gasteiger partial charge in [0, 0.05) is 48.2 Å². The summed E-state index contributed by atoms with van der Waals surface area (Å²) in [6.07, 6.45) is 5.33. The lowest BCUT2D eigenvalue weighted by atomic mass is 10.0. The van der Waals surface area contributed by atoms with Crippen molar-refractivity contribution >= 4 is 11.7 Å². The molecule has 0 bridgehead atoms. The van der Waals surface area contributed by atoms with E-state index < -0.39 is 0 Å². The van der Waals surface area contributed by atoms with Gasteiger partial charge in [-0.2, -0.15) is 5.10 Å². The van der Waals surface area contributed by atoms with Gasteiger partial charge in [-0.3, -0.25) is 9.48 Å². The van der Waals surface area contributed by atoms with Gasteiger partial charge >= 0.3 is 0 Å². The highest BCUT2D eigenvalue weighted by Crippen LogP contribution is 2.21. The molecular formula is C26H22FN5O. The second kappa shape index (κ2) is 9.37. The molecule has 0 saturated heterocycles. The van der Waals surface area contributed by atoms with Crippen LogP contribution in [0.1, 0.15) is 32.6 Å². The zero-order valence-corrected chi connectivity index (χ0v) is 18.3. The minimum atomic E-state index is -0.311. The SMILES string of the molecule is Cc1ccc(C(=O)NCc2ccc(F)cc2)cc1C#Cc1cc(-c2cnn(C)c2)cnc1N. The fourth-order valence-corrected chi connectivity index (χ4v) is 3.22. The predicted molar refractivity (Wildman–Crippen MR) is 126 cm³/mol. The Bertz CT molecular complexity index is 1380. The molecule has 0 aliphatic heterocycles. The number of nitrogens with zero attached hydrogens (tertiary/aromatic N) is 3. The van der Waals surface area contributed by atoms with Gasteiger partial charge in [0.1, 0.15) is 11.6 Å². The van der Waals surface area contributed by atoms with E-state index in [1.807, 2.05) is 32.3 Å². The third-order valence-corrected chi connectivity index (χ3v) is 5.15. The quantitative estimate of drug-likeness (QED) is 0.473. The lowest BCUT2D eigenvalue weighted by Gasteiger charge is -2.07. The fourth-order valence-electron chi connectivity index (χ4n) is 3.22. The van der Waals surface area contributed by atoms with Crippen LogP contribution in [0, 0.1) is 24.6 Å². The summed E-state index contributed by atoms with van der Waals surface area (Å²) in [6, 6.07) is 13.2. The molecule has 0 aliphatic rings. The van der Waals surface area contributed by atoms with Crippen molar-refractivity contribution in [1.82, 2.24) is 20.1 Å². The monoisotopic (exact) mass is 439 g/mol. The lowest BCUT2D eigenvalue weighted by Crippen LogP contribution is -2.22. The Hall–Kier alpha value is -4.44. The van der Waals surface area contributed by atoms with E-state index in [0.29, 0.717) is 23.5 Å². The van der Waals surface area contributed by atoms with Gasteiger partial charge in [-0.1, -0.05) is 30.0 Å². The molecule has 6 nitrogen and oxygen atoms in total.